The highest BCUT2D eigenvalue weighted by molar-refractivity contribution is 9.10. The summed E-state index contributed by atoms with van der Waals surface area (Å²) < 4.78 is 0.838. The second-order valence-electron chi connectivity index (χ2n) is 4.05. The molecule has 0 saturated heterocycles. The van der Waals surface area contributed by atoms with Gasteiger partial charge in [0.2, 0.25) is 5.91 Å². The number of hydrogen-bond acceptors (Lipinski definition) is 4. The van der Waals surface area contributed by atoms with E-state index in [0.29, 0.717) is 16.9 Å². The Bertz CT molecular complexity index is 681. The van der Waals surface area contributed by atoms with E-state index < -0.39 is 11.9 Å². The zero-order valence-electron chi connectivity index (χ0n) is 10.4. The van der Waals surface area contributed by atoms with Crippen LogP contribution in [0.25, 0.3) is 0 Å². The second-order valence-corrected chi connectivity index (χ2v) is 4.96. The van der Waals surface area contributed by atoms with E-state index in [1.807, 2.05) is 12.1 Å². The summed E-state index contributed by atoms with van der Waals surface area (Å²) in [5.41, 5.74) is 6.48. The molecule has 0 aliphatic carbocycles. The molecule has 0 aliphatic heterocycles. The van der Waals surface area contributed by atoms with Gasteiger partial charge in [-0.2, -0.15) is 5.26 Å². The lowest BCUT2D eigenvalue weighted by molar-refractivity contribution is -0.118. The van der Waals surface area contributed by atoms with Crippen LogP contribution in [0.3, 0.4) is 0 Å². The van der Waals surface area contributed by atoms with Crippen LogP contribution in [-0.2, 0) is 4.79 Å². The van der Waals surface area contributed by atoms with Gasteiger partial charge in [-0.05, 0) is 29.8 Å². The predicted molar refractivity (Wildman–Crippen MR) is 78.7 cm³/mol. The van der Waals surface area contributed by atoms with E-state index in [9.17, 15) is 4.79 Å². The van der Waals surface area contributed by atoms with E-state index in [-0.39, 0.29) is 0 Å². The van der Waals surface area contributed by atoms with Crippen LogP contribution in [0, 0.1) is 11.3 Å². The molecular weight excluding hydrogens is 320 g/mol. The highest BCUT2D eigenvalue weighted by Crippen LogP contribution is 2.22. The third-order valence-electron chi connectivity index (χ3n) is 2.68. The van der Waals surface area contributed by atoms with Crippen molar-refractivity contribution < 1.29 is 4.79 Å². The molecule has 100 valence electrons. The minimum absolute atomic E-state index is 0.332. The van der Waals surface area contributed by atoms with Crippen LogP contribution < -0.4 is 11.1 Å². The molecular formula is C14H11BrN4O. The lowest BCUT2D eigenvalue weighted by Gasteiger charge is -2.17. The summed E-state index contributed by atoms with van der Waals surface area (Å²) in [6.07, 6.45) is 1.54. The number of carbonyl (C=O) groups is 1. The van der Waals surface area contributed by atoms with Crippen molar-refractivity contribution in [3.8, 4) is 6.07 Å². The van der Waals surface area contributed by atoms with Crippen LogP contribution in [-0.4, -0.2) is 10.9 Å². The van der Waals surface area contributed by atoms with Gasteiger partial charge in [-0.3, -0.25) is 4.79 Å². The van der Waals surface area contributed by atoms with Gasteiger partial charge in [-0.25, -0.2) is 4.98 Å². The Balaban J connectivity index is 2.36. The summed E-state index contributed by atoms with van der Waals surface area (Å²) in [4.78, 5) is 15.7. The van der Waals surface area contributed by atoms with Crippen LogP contribution in [0.5, 0.6) is 0 Å². The van der Waals surface area contributed by atoms with Gasteiger partial charge in [0, 0.05) is 10.7 Å². The molecule has 1 heterocycles. The maximum atomic E-state index is 11.6. The Morgan fingerprint density at radius 1 is 1.40 bits per heavy atom. The topological polar surface area (TPSA) is 91.8 Å². The number of hydrogen-bond donors (Lipinski definition) is 2. The molecule has 1 unspecified atom stereocenters. The van der Waals surface area contributed by atoms with Crippen LogP contribution in [0.15, 0.2) is 47.1 Å². The summed E-state index contributed by atoms with van der Waals surface area (Å²) in [5.74, 6) is -0.212. The van der Waals surface area contributed by atoms with Gasteiger partial charge in [0.05, 0.1) is 5.56 Å². The third kappa shape index (κ3) is 3.13. The Kier molecular flexibility index (Phi) is 4.33. The lowest BCUT2D eigenvalue weighted by Crippen LogP contribution is -2.28. The molecule has 0 aliphatic rings. The second kappa shape index (κ2) is 6.17. The van der Waals surface area contributed by atoms with Crippen molar-refractivity contribution >= 4 is 27.7 Å². The first kappa shape index (κ1) is 14.0. The number of rotatable bonds is 4. The van der Waals surface area contributed by atoms with Gasteiger partial charge >= 0.3 is 0 Å². The first-order valence-electron chi connectivity index (χ1n) is 5.78. The smallest absolute Gasteiger partial charge is 0.244 e. The van der Waals surface area contributed by atoms with Crippen LogP contribution in [0.4, 0.5) is 5.82 Å². The molecule has 1 amide bonds. The highest BCUT2D eigenvalue weighted by Gasteiger charge is 2.19. The quantitative estimate of drug-likeness (QED) is 0.900. The molecule has 1 aromatic carbocycles. The molecule has 5 nitrogen and oxygen atoms in total. The summed E-state index contributed by atoms with van der Waals surface area (Å²) in [6.45, 7) is 0. The van der Waals surface area contributed by atoms with Crippen LogP contribution in [0.1, 0.15) is 17.2 Å². The van der Waals surface area contributed by atoms with Gasteiger partial charge in [0.1, 0.15) is 17.9 Å². The van der Waals surface area contributed by atoms with E-state index in [1.165, 1.54) is 0 Å². The number of nitriles is 1. The highest BCUT2D eigenvalue weighted by atomic mass is 79.9. The number of benzene rings is 1. The number of nitrogens with two attached hydrogens (primary N) is 1. The van der Waals surface area contributed by atoms with E-state index in [2.05, 4.69) is 26.2 Å². The van der Waals surface area contributed by atoms with E-state index in [4.69, 9.17) is 11.0 Å². The molecule has 0 bridgehead atoms. The number of halogens is 1. The number of pyridine rings is 1. The van der Waals surface area contributed by atoms with E-state index >= 15 is 0 Å². The number of amides is 1. The van der Waals surface area contributed by atoms with Crippen molar-refractivity contribution in [2.45, 2.75) is 6.04 Å². The Labute approximate surface area is 124 Å². The SMILES string of the molecule is N#Cc1cccnc1NC(C(N)=O)c1cccc(Br)c1. The fourth-order valence-electron chi connectivity index (χ4n) is 1.75. The molecule has 20 heavy (non-hydrogen) atoms. The summed E-state index contributed by atoms with van der Waals surface area (Å²) >= 11 is 3.35. The molecule has 0 fully saturated rings. The van der Waals surface area contributed by atoms with Crippen molar-refractivity contribution in [3.05, 3.63) is 58.2 Å². The maximum absolute atomic E-state index is 11.6. The Morgan fingerprint density at radius 3 is 2.85 bits per heavy atom. The van der Waals surface area contributed by atoms with E-state index in [1.54, 1.807) is 36.5 Å². The number of nitrogens with zero attached hydrogens (tertiary/aromatic N) is 2. The van der Waals surface area contributed by atoms with Crippen molar-refractivity contribution in [2.24, 2.45) is 5.73 Å². The zero-order valence-corrected chi connectivity index (χ0v) is 12.0. The minimum Gasteiger partial charge on any atom is -0.368 e. The number of anilines is 1. The van der Waals surface area contributed by atoms with Gasteiger partial charge in [0.15, 0.2) is 0 Å². The fraction of sp³-hybridized carbons (Fsp3) is 0.0714. The number of aromatic nitrogens is 1. The summed E-state index contributed by atoms with van der Waals surface area (Å²) in [7, 11) is 0. The molecule has 2 rings (SSSR count). The summed E-state index contributed by atoms with van der Waals surface area (Å²) in [6, 6.07) is 11.8. The number of carbonyl (C=O) groups excluding carboxylic acids is 1. The van der Waals surface area contributed by atoms with Crippen molar-refractivity contribution in [1.29, 1.82) is 5.26 Å². The maximum Gasteiger partial charge on any atom is 0.244 e. The van der Waals surface area contributed by atoms with Gasteiger partial charge in [0.25, 0.3) is 0 Å². The normalized spacial score (nSPS) is 11.4. The fourth-order valence-corrected chi connectivity index (χ4v) is 2.17. The first-order valence-corrected chi connectivity index (χ1v) is 6.57. The van der Waals surface area contributed by atoms with Gasteiger partial charge in [-0.15, -0.1) is 0 Å². The Hall–Kier alpha value is -2.39. The van der Waals surface area contributed by atoms with Crippen molar-refractivity contribution in [2.75, 3.05) is 5.32 Å². The van der Waals surface area contributed by atoms with Crippen LogP contribution in [0.2, 0.25) is 0 Å². The molecule has 1 aromatic heterocycles. The van der Waals surface area contributed by atoms with Gasteiger partial charge < -0.3 is 11.1 Å². The third-order valence-corrected chi connectivity index (χ3v) is 3.17. The first-order chi connectivity index (χ1) is 9.61. The van der Waals surface area contributed by atoms with E-state index in [0.717, 1.165) is 4.47 Å². The van der Waals surface area contributed by atoms with Crippen LogP contribution >= 0.6 is 15.9 Å². The van der Waals surface area contributed by atoms with Crippen molar-refractivity contribution in [3.63, 3.8) is 0 Å². The molecule has 0 spiro atoms. The average Bonchev–Trinajstić information content (AvgIpc) is 2.44. The molecule has 0 radical (unpaired) electrons. The molecule has 2 aromatic rings. The Morgan fingerprint density at radius 2 is 2.20 bits per heavy atom. The lowest BCUT2D eigenvalue weighted by atomic mass is 10.1. The number of nitrogens with one attached hydrogen (secondary N) is 1. The summed E-state index contributed by atoms with van der Waals surface area (Å²) in [5, 5.41) is 11.9. The van der Waals surface area contributed by atoms with Gasteiger partial charge in [-0.1, -0.05) is 28.1 Å². The largest absolute Gasteiger partial charge is 0.368 e. The molecule has 6 heteroatoms. The molecule has 3 N–H and O–H groups in total. The standard InChI is InChI=1S/C14H11BrN4O/c15-11-5-1-3-9(7-11)12(13(17)20)19-14-10(8-16)4-2-6-18-14/h1-7,12H,(H2,17,20)(H,18,19). The zero-order chi connectivity index (χ0) is 14.5. The van der Waals surface area contributed by atoms with Crippen molar-refractivity contribution in [1.82, 2.24) is 4.98 Å². The minimum atomic E-state index is -0.755. The monoisotopic (exact) mass is 330 g/mol. The number of primary amides is 1. The predicted octanol–water partition coefficient (Wildman–Crippen LogP) is 2.35. The molecule has 0 saturated carbocycles. The molecule has 1 atom stereocenters. The average molecular weight is 331 g/mol.